The van der Waals surface area contributed by atoms with E-state index >= 15 is 0 Å². The van der Waals surface area contributed by atoms with Gasteiger partial charge in [0.15, 0.2) is 6.10 Å². The van der Waals surface area contributed by atoms with E-state index in [4.69, 9.17) is 4.74 Å². The van der Waals surface area contributed by atoms with E-state index in [1.54, 1.807) is 0 Å². The van der Waals surface area contributed by atoms with Crippen LogP contribution in [0.2, 0.25) is 0 Å². The van der Waals surface area contributed by atoms with Gasteiger partial charge in [0.25, 0.3) is 5.69 Å². The maximum absolute atomic E-state index is 12.3. The van der Waals surface area contributed by atoms with Gasteiger partial charge in [0, 0.05) is 17.2 Å². The number of carbonyl (C=O) groups excluding carboxylic acids is 2. The molecule has 1 unspecified atom stereocenters. The number of hydrogen-bond acceptors (Lipinski definition) is 8. The van der Waals surface area contributed by atoms with Crippen molar-refractivity contribution in [2.75, 3.05) is 0 Å². The summed E-state index contributed by atoms with van der Waals surface area (Å²) < 4.78 is 9.85. The molecule has 0 aliphatic rings. The standard InChI is InChI=1S/C23H27NO8/c1-22(2,3)14-12-18(15(11-17(14)25)23(4,5)6)31-21(28)32-20(27)19(26)13-9-7-8-10-16(13)24(29)30/h7-12,19,25-26H,1-6H3. The number of phenols is 1. The minimum Gasteiger partial charge on any atom is -0.508 e. The Kier molecular flexibility index (Phi) is 6.94. The molecule has 0 aliphatic carbocycles. The SMILES string of the molecule is CC(C)(C)c1cc(OC(=O)OC(=O)C(O)c2ccccc2[N+](=O)[O-])c(C(C)(C)C)cc1O. The zero-order valence-corrected chi connectivity index (χ0v) is 18.8. The van der Waals surface area contributed by atoms with Crippen LogP contribution in [-0.2, 0) is 20.4 Å². The Labute approximate surface area is 185 Å². The van der Waals surface area contributed by atoms with Crippen LogP contribution in [0.15, 0.2) is 36.4 Å². The Morgan fingerprint density at radius 3 is 2.09 bits per heavy atom. The quantitative estimate of drug-likeness (QED) is 0.228. The Hall–Kier alpha value is -3.46. The molecule has 0 saturated carbocycles. The van der Waals surface area contributed by atoms with Crippen LogP contribution in [0.4, 0.5) is 10.5 Å². The number of nitro groups is 1. The largest absolute Gasteiger partial charge is 0.521 e. The molecule has 2 aromatic carbocycles. The molecule has 172 valence electrons. The Morgan fingerprint density at radius 2 is 1.56 bits per heavy atom. The average Bonchev–Trinajstić information content (AvgIpc) is 2.66. The minimum absolute atomic E-state index is 0.0334. The van der Waals surface area contributed by atoms with Crippen molar-refractivity contribution in [1.82, 2.24) is 0 Å². The van der Waals surface area contributed by atoms with Gasteiger partial charge in [-0.3, -0.25) is 10.1 Å². The van der Waals surface area contributed by atoms with Gasteiger partial charge < -0.3 is 19.7 Å². The molecule has 0 fully saturated rings. The van der Waals surface area contributed by atoms with E-state index in [-0.39, 0.29) is 17.1 Å². The summed E-state index contributed by atoms with van der Waals surface area (Å²) in [5.41, 5.74) is -0.802. The van der Waals surface area contributed by atoms with Gasteiger partial charge in [-0.2, -0.15) is 0 Å². The normalized spacial score (nSPS) is 12.7. The van der Waals surface area contributed by atoms with Gasteiger partial charge >= 0.3 is 12.1 Å². The molecule has 0 bridgehead atoms. The lowest BCUT2D eigenvalue weighted by Crippen LogP contribution is -2.24. The van der Waals surface area contributed by atoms with Crippen LogP contribution in [0.3, 0.4) is 0 Å². The first-order valence-electron chi connectivity index (χ1n) is 9.85. The lowest BCUT2D eigenvalue weighted by molar-refractivity contribution is -0.386. The number of aromatic hydroxyl groups is 1. The Morgan fingerprint density at radius 1 is 1.00 bits per heavy atom. The second-order valence-electron chi connectivity index (χ2n) is 9.36. The van der Waals surface area contributed by atoms with Gasteiger partial charge in [0.2, 0.25) is 0 Å². The molecular weight excluding hydrogens is 418 g/mol. The maximum Gasteiger partial charge on any atom is 0.521 e. The highest BCUT2D eigenvalue weighted by molar-refractivity contribution is 5.87. The van der Waals surface area contributed by atoms with Crippen LogP contribution >= 0.6 is 0 Å². The fourth-order valence-corrected chi connectivity index (χ4v) is 3.10. The molecule has 0 heterocycles. The average molecular weight is 445 g/mol. The highest BCUT2D eigenvalue weighted by Crippen LogP contribution is 2.40. The summed E-state index contributed by atoms with van der Waals surface area (Å²) in [5.74, 6) is -1.30. The van der Waals surface area contributed by atoms with E-state index in [0.717, 1.165) is 6.07 Å². The smallest absolute Gasteiger partial charge is 0.508 e. The Balaban J connectivity index is 2.31. The number of phenolic OH excluding ortho intramolecular Hbond substituents is 1. The second kappa shape index (κ2) is 8.96. The molecule has 2 rings (SSSR count). The van der Waals surface area contributed by atoms with Crippen LogP contribution in [0.5, 0.6) is 11.5 Å². The number of carbonyl (C=O) groups is 2. The Bertz CT molecular complexity index is 1050. The number of ether oxygens (including phenoxy) is 2. The molecule has 0 aromatic heterocycles. The van der Waals surface area contributed by atoms with Crippen molar-refractivity contribution in [1.29, 1.82) is 0 Å². The lowest BCUT2D eigenvalue weighted by atomic mass is 9.81. The summed E-state index contributed by atoms with van der Waals surface area (Å²) in [6.45, 7) is 11.1. The van der Waals surface area contributed by atoms with Crippen LogP contribution in [0.1, 0.15) is 64.3 Å². The first-order valence-corrected chi connectivity index (χ1v) is 9.85. The number of nitrogens with zero attached hydrogens (tertiary/aromatic N) is 1. The third-order valence-electron chi connectivity index (χ3n) is 4.74. The van der Waals surface area contributed by atoms with E-state index in [0.29, 0.717) is 11.1 Å². The van der Waals surface area contributed by atoms with Crippen molar-refractivity contribution >= 4 is 17.8 Å². The second-order valence-corrected chi connectivity index (χ2v) is 9.36. The van der Waals surface area contributed by atoms with Crippen molar-refractivity contribution in [2.24, 2.45) is 0 Å². The van der Waals surface area contributed by atoms with Crippen molar-refractivity contribution < 1.29 is 34.2 Å². The number of para-hydroxylation sites is 1. The molecule has 9 heteroatoms. The fourth-order valence-electron chi connectivity index (χ4n) is 3.10. The number of rotatable bonds is 4. The number of aliphatic hydroxyl groups excluding tert-OH is 1. The van der Waals surface area contributed by atoms with Crippen molar-refractivity contribution in [3.05, 3.63) is 63.2 Å². The molecule has 9 nitrogen and oxygen atoms in total. The van der Waals surface area contributed by atoms with Crippen LogP contribution in [-0.4, -0.2) is 27.3 Å². The van der Waals surface area contributed by atoms with Crippen LogP contribution in [0.25, 0.3) is 0 Å². The molecular formula is C23H27NO8. The highest BCUT2D eigenvalue weighted by atomic mass is 16.7. The molecule has 32 heavy (non-hydrogen) atoms. The summed E-state index contributed by atoms with van der Waals surface area (Å²) in [7, 11) is 0. The molecule has 2 aromatic rings. The van der Waals surface area contributed by atoms with Gasteiger partial charge in [0.1, 0.15) is 11.5 Å². The van der Waals surface area contributed by atoms with Gasteiger partial charge in [0.05, 0.1) is 10.5 Å². The van der Waals surface area contributed by atoms with E-state index in [1.807, 2.05) is 41.5 Å². The zero-order valence-electron chi connectivity index (χ0n) is 18.8. The van der Waals surface area contributed by atoms with Gasteiger partial charge in [-0.15, -0.1) is 0 Å². The topological polar surface area (TPSA) is 136 Å². The summed E-state index contributed by atoms with van der Waals surface area (Å²) in [4.78, 5) is 34.9. The van der Waals surface area contributed by atoms with Gasteiger partial charge in [-0.1, -0.05) is 53.7 Å². The molecule has 0 radical (unpaired) electrons. The summed E-state index contributed by atoms with van der Waals surface area (Å²) >= 11 is 0. The number of aliphatic hydroxyl groups is 1. The van der Waals surface area contributed by atoms with Crippen LogP contribution in [0, 0.1) is 10.1 Å². The first kappa shape index (κ1) is 24.8. The molecule has 0 amide bonds. The monoisotopic (exact) mass is 445 g/mol. The molecule has 0 spiro atoms. The first-order chi connectivity index (χ1) is 14.6. The van der Waals surface area contributed by atoms with Gasteiger partial charge in [-0.05, 0) is 29.0 Å². The number of benzene rings is 2. The van der Waals surface area contributed by atoms with Gasteiger partial charge in [-0.25, -0.2) is 9.59 Å². The highest BCUT2D eigenvalue weighted by Gasteiger charge is 2.31. The number of esters is 1. The predicted molar refractivity (Wildman–Crippen MR) is 116 cm³/mol. The molecule has 0 aliphatic heterocycles. The predicted octanol–water partition coefficient (Wildman–Crippen LogP) is 4.67. The van der Waals surface area contributed by atoms with E-state index in [1.165, 1.54) is 30.3 Å². The fraction of sp³-hybridized carbons (Fsp3) is 0.391. The minimum atomic E-state index is -2.06. The van der Waals surface area contributed by atoms with Crippen molar-refractivity contribution in [2.45, 2.75) is 58.5 Å². The summed E-state index contributed by atoms with van der Waals surface area (Å²) in [6.07, 6.45) is -3.47. The third kappa shape index (κ3) is 5.61. The van der Waals surface area contributed by atoms with Crippen LogP contribution < -0.4 is 4.74 Å². The summed E-state index contributed by atoms with van der Waals surface area (Å²) in [6, 6.07) is 8.07. The zero-order chi connectivity index (χ0) is 24.4. The molecule has 2 N–H and O–H groups in total. The third-order valence-corrected chi connectivity index (χ3v) is 4.74. The summed E-state index contributed by atoms with van der Waals surface area (Å²) in [5, 5.41) is 31.7. The van der Waals surface area contributed by atoms with Crippen molar-refractivity contribution in [3.8, 4) is 11.5 Å². The van der Waals surface area contributed by atoms with E-state index < -0.39 is 39.7 Å². The number of nitro benzene ring substituents is 1. The van der Waals surface area contributed by atoms with Crippen molar-refractivity contribution in [3.63, 3.8) is 0 Å². The van der Waals surface area contributed by atoms with E-state index in [9.17, 15) is 29.9 Å². The maximum atomic E-state index is 12.3. The van der Waals surface area contributed by atoms with E-state index in [2.05, 4.69) is 4.74 Å². The lowest BCUT2D eigenvalue weighted by Gasteiger charge is -2.27. The molecule has 1 atom stereocenters. The number of hydrogen-bond donors (Lipinski definition) is 2. The molecule has 0 saturated heterocycles.